The van der Waals surface area contributed by atoms with Crippen LogP contribution in [0.4, 0.5) is 17.1 Å². The van der Waals surface area contributed by atoms with Gasteiger partial charge in [0.05, 0.1) is 11.1 Å². The van der Waals surface area contributed by atoms with Gasteiger partial charge in [0.2, 0.25) is 0 Å². The number of anilines is 3. The maximum absolute atomic E-state index is 2.51. The second kappa shape index (κ2) is 13.5. The Labute approximate surface area is 357 Å². The first-order valence-corrected chi connectivity index (χ1v) is 21.4. The number of fused-ring (bicyclic) bond motifs is 9. The third kappa shape index (κ3) is 5.20. The average molecular weight is 778 g/mol. The normalized spacial score (nSPS) is 14.0. The number of rotatable bonds is 6. The Morgan fingerprint density at radius 3 is 1.64 bits per heavy atom. The highest BCUT2D eigenvalue weighted by Crippen LogP contribution is 2.58. The van der Waals surface area contributed by atoms with E-state index in [9.17, 15) is 0 Å². The molecule has 10 aromatic carbocycles. The maximum atomic E-state index is 2.51. The van der Waals surface area contributed by atoms with Crippen molar-refractivity contribution in [2.75, 3.05) is 4.90 Å². The molecule has 0 bridgehead atoms. The molecule has 0 radical (unpaired) electrons. The van der Waals surface area contributed by atoms with Gasteiger partial charge >= 0.3 is 0 Å². The van der Waals surface area contributed by atoms with Crippen LogP contribution in [0.15, 0.2) is 224 Å². The molecule has 1 nitrogen and oxygen atoms in total. The van der Waals surface area contributed by atoms with E-state index in [0.717, 1.165) is 17.1 Å². The maximum Gasteiger partial charge on any atom is 0.0714 e. The van der Waals surface area contributed by atoms with E-state index in [2.05, 4.69) is 243 Å². The van der Waals surface area contributed by atoms with Crippen LogP contribution in [0.1, 0.15) is 47.2 Å². The minimum Gasteiger partial charge on any atom is -0.310 e. The summed E-state index contributed by atoms with van der Waals surface area (Å²) in [6.45, 7) is 4.70. The van der Waals surface area contributed by atoms with Gasteiger partial charge in [-0.15, -0.1) is 0 Å². The molecule has 0 spiro atoms. The summed E-state index contributed by atoms with van der Waals surface area (Å²) < 4.78 is 0. The first-order valence-electron chi connectivity index (χ1n) is 21.4. The van der Waals surface area contributed by atoms with E-state index in [1.54, 1.807) is 0 Å². The highest BCUT2D eigenvalue weighted by atomic mass is 15.1. The average Bonchev–Trinajstić information content (AvgIpc) is 3.75. The number of benzene rings is 10. The Bertz CT molecular complexity index is 3300. The van der Waals surface area contributed by atoms with Crippen molar-refractivity contribution in [1.29, 1.82) is 0 Å². The van der Waals surface area contributed by atoms with Gasteiger partial charge in [-0.05, 0) is 119 Å². The SMILES string of the molecule is CC1(C)c2ccccc2-c2cc(-c3cccc(N(c4ccc5c(c4)C(c4ccccc4)(c4ccccc4)c4ccccc4-5)c4cc5ccccc5c5ccccc45)c3)ccc21. The Morgan fingerprint density at radius 2 is 0.885 bits per heavy atom. The zero-order valence-electron chi connectivity index (χ0n) is 34.3. The van der Waals surface area contributed by atoms with Gasteiger partial charge in [-0.2, -0.15) is 0 Å². The molecule has 0 amide bonds. The van der Waals surface area contributed by atoms with E-state index in [4.69, 9.17) is 0 Å². The zero-order chi connectivity index (χ0) is 40.7. The second-order valence-corrected chi connectivity index (χ2v) is 17.2. The zero-order valence-corrected chi connectivity index (χ0v) is 34.3. The molecular formula is C60H43N. The standard InChI is InChI=1S/C60H43N/c1-59(2)54-30-15-13-28-50(54)53-37-41(32-35-55(53)59)40-19-17-24-45(36-40)61(58-38-42-18-9-10-25-47(42)48-26-11-12-29-52(48)58)46-33-34-51-49-27-14-16-31-56(49)60(57(51)39-46,43-20-5-3-6-21-43)44-22-7-4-8-23-44/h3-39H,1-2H3. The number of hydrogen-bond donors (Lipinski definition) is 0. The molecule has 2 aliphatic carbocycles. The Kier molecular flexibility index (Phi) is 7.86. The summed E-state index contributed by atoms with van der Waals surface area (Å²) in [6, 6.07) is 83.7. The first kappa shape index (κ1) is 35.5. The van der Waals surface area contributed by atoms with E-state index in [0.29, 0.717) is 0 Å². The predicted octanol–water partition coefficient (Wildman–Crippen LogP) is 15.8. The van der Waals surface area contributed by atoms with E-state index < -0.39 is 5.41 Å². The molecule has 288 valence electrons. The lowest BCUT2D eigenvalue weighted by molar-refractivity contribution is 0.660. The van der Waals surface area contributed by atoms with Gasteiger partial charge < -0.3 is 4.90 Å². The fourth-order valence-electron chi connectivity index (χ4n) is 10.9. The van der Waals surface area contributed by atoms with Crippen LogP contribution >= 0.6 is 0 Å². The highest BCUT2D eigenvalue weighted by molar-refractivity contribution is 6.14. The van der Waals surface area contributed by atoms with Crippen molar-refractivity contribution in [3.8, 4) is 33.4 Å². The Hall–Kier alpha value is -7.48. The molecule has 0 heterocycles. The third-order valence-electron chi connectivity index (χ3n) is 13.7. The molecule has 10 aromatic rings. The summed E-state index contributed by atoms with van der Waals surface area (Å²) in [6.07, 6.45) is 0. The lowest BCUT2D eigenvalue weighted by Gasteiger charge is -2.35. The van der Waals surface area contributed by atoms with Crippen LogP contribution in [0.3, 0.4) is 0 Å². The molecule has 61 heavy (non-hydrogen) atoms. The summed E-state index contributed by atoms with van der Waals surface area (Å²) in [4.78, 5) is 2.51. The number of hydrogen-bond acceptors (Lipinski definition) is 1. The van der Waals surface area contributed by atoms with E-state index in [-0.39, 0.29) is 5.41 Å². The molecule has 0 fully saturated rings. The summed E-state index contributed by atoms with van der Waals surface area (Å²) in [5.41, 5.74) is 18.3. The predicted molar refractivity (Wildman–Crippen MR) is 256 cm³/mol. The molecule has 0 aromatic heterocycles. The molecule has 0 N–H and O–H groups in total. The van der Waals surface area contributed by atoms with Crippen molar-refractivity contribution in [3.05, 3.63) is 258 Å². The molecule has 0 saturated carbocycles. The van der Waals surface area contributed by atoms with Crippen LogP contribution in [-0.4, -0.2) is 0 Å². The largest absolute Gasteiger partial charge is 0.310 e. The lowest BCUT2D eigenvalue weighted by Crippen LogP contribution is -2.28. The fourth-order valence-corrected chi connectivity index (χ4v) is 10.9. The molecule has 0 atom stereocenters. The van der Waals surface area contributed by atoms with Crippen molar-refractivity contribution >= 4 is 38.6 Å². The Morgan fingerprint density at radius 1 is 0.328 bits per heavy atom. The molecule has 2 aliphatic rings. The third-order valence-corrected chi connectivity index (χ3v) is 13.7. The second-order valence-electron chi connectivity index (χ2n) is 17.2. The van der Waals surface area contributed by atoms with Gasteiger partial charge in [0.1, 0.15) is 0 Å². The van der Waals surface area contributed by atoms with Gasteiger partial charge in [0.25, 0.3) is 0 Å². The topological polar surface area (TPSA) is 3.24 Å². The van der Waals surface area contributed by atoms with Crippen molar-refractivity contribution in [3.63, 3.8) is 0 Å². The van der Waals surface area contributed by atoms with Gasteiger partial charge in [0, 0.05) is 22.2 Å². The molecular weight excluding hydrogens is 735 g/mol. The van der Waals surface area contributed by atoms with E-state index in [1.165, 1.54) is 88.3 Å². The Balaban J connectivity index is 1.12. The molecule has 0 unspecified atom stereocenters. The van der Waals surface area contributed by atoms with Crippen LogP contribution in [0, 0.1) is 0 Å². The van der Waals surface area contributed by atoms with Crippen LogP contribution in [-0.2, 0) is 10.8 Å². The molecule has 0 saturated heterocycles. The molecule has 1 heteroatoms. The number of nitrogens with zero attached hydrogens (tertiary/aromatic N) is 1. The quantitative estimate of drug-likeness (QED) is 0.152. The minimum atomic E-state index is -0.516. The van der Waals surface area contributed by atoms with Crippen molar-refractivity contribution in [1.82, 2.24) is 0 Å². The van der Waals surface area contributed by atoms with Gasteiger partial charge in [-0.3, -0.25) is 0 Å². The van der Waals surface area contributed by atoms with Crippen LogP contribution in [0.5, 0.6) is 0 Å². The lowest BCUT2D eigenvalue weighted by atomic mass is 9.67. The smallest absolute Gasteiger partial charge is 0.0714 e. The van der Waals surface area contributed by atoms with Crippen LogP contribution in [0.25, 0.3) is 54.9 Å². The first-order chi connectivity index (χ1) is 30.0. The van der Waals surface area contributed by atoms with Crippen molar-refractivity contribution in [2.24, 2.45) is 0 Å². The van der Waals surface area contributed by atoms with E-state index >= 15 is 0 Å². The van der Waals surface area contributed by atoms with Crippen LogP contribution < -0.4 is 4.90 Å². The molecule has 0 aliphatic heterocycles. The van der Waals surface area contributed by atoms with Gasteiger partial charge in [-0.25, -0.2) is 0 Å². The minimum absolute atomic E-state index is 0.0395. The van der Waals surface area contributed by atoms with Crippen LogP contribution in [0.2, 0.25) is 0 Å². The van der Waals surface area contributed by atoms with Gasteiger partial charge in [0.15, 0.2) is 0 Å². The highest BCUT2D eigenvalue weighted by Gasteiger charge is 2.46. The fraction of sp³-hybridized carbons (Fsp3) is 0.0667. The van der Waals surface area contributed by atoms with Crippen molar-refractivity contribution in [2.45, 2.75) is 24.7 Å². The summed E-state index contributed by atoms with van der Waals surface area (Å²) in [5.74, 6) is 0. The summed E-state index contributed by atoms with van der Waals surface area (Å²) in [5, 5.41) is 4.93. The monoisotopic (exact) mass is 777 g/mol. The van der Waals surface area contributed by atoms with E-state index in [1.807, 2.05) is 0 Å². The summed E-state index contributed by atoms with van der Waals surface area (Å²) >= 11 is 0. The van der Waals surface area contributed by atoms with Gasteiger partial charge in [-0.1, -0.05) is 202 Å². The molecule has 12 rings (SSSR count). The summed E-state index contributed by atoms with van der Waals surface area (Å²) in [7, 11) is 0. The van der Waals surface area contributed by atoms with Crippen molar-refractivity contribution < 1.29 is 0 Å².